The van der Waals surface area contributed by atoms with Gasteiger partial charge in [0, 0.05) is 18.3 Å². The van der Waals surface area contributed by atoms with Crippen LogP contribution < -0.4 is 10.6 Å². The summed E-state index contributed by atoms with van der Waals surface area (Å²) in [5.74, 6) is 1.86. The van der Waals surface area contributed by atoms with Crippen LogP contribution >= 0.6 is 12.2 Å². The fraction of sp³-hybridized carbons (Fsp3) is 0.600. The van der Waals surface area contributed by atoms with Crippen LogP contribution in [0.2, 0.25) is 0 Å². The van der Waals surface area contributed by atoms with E-state index in [1.807, 2.05) is 19.1 Å². The van der Waals surface area contributed by atoms with Gasteiger partial charge in [0.15, 0.2) is 0 Å². The molecule has 3 nitrogen and oxygen atoms in total. The maximum atomic E-state index is 5.87. The van der Waals surface area contributed by atoms with E-state index in [1.165, 1.54) is 32.1 Å². The number of rotatable bonds is 2. The molecule has 1 aliphatic heterocycles. The average Bonchev–Trinajstić information content (AvgIpc) is 2.82. The van der Waals surface area contributed by atoms with Crippen LogP contribution in [0.3, 0.4) is 0 Å². The van der Waals surface area contributed by atoms with Crippen molar-refractivity contribution in [2.45, 2.75) is 45.1 Å². The Labute approximate surface area is 120 Å². The van der Waals surface area contributed by atoms with Crippen LogP contribution in [0.4, 0.5) is 5.82 Å². The Morgan fingerprint density at radius 2 is 2.11 bits per heavy atom. The minimum Gasteiger partial charge on any atom is -0.389 e. The van der Waals surface area contributed by atoms with E-state index in [4.69, 9.17) is 22.9 Å². The molecule has 3 rings (SSSR count). The number of aromatic nitrogens is 1. The second-order valence-corrected chi connectivity index (χ2v) is 6.22. The van der Waals surface area contributed by atoms with Crippen LogP contribution in [0.15, 0.2) is 12.1 Å². The molecule has 1 saturated carbocycles. The summed E-state index contributed by atoms with van der Waals surface area (Å²) in [5, 5.41) is 0. The Morgan fingerprint density at radius 1 is 1.32 bits per heavy atom. The van der Waals surface area contributed by atoms with Crippen LogP contribution in [0.5, 0.6) is 0 Å². The van der Waals surface area contributed by atoms with E-state index in [0.717, 1.165) is 29.5 Å². The van der Waals surface area contributed by atoms with Gasteiger partial charge in [-0.2, -0.15) is 0 Å². The number of hydrogen-bond acceptors (Lipinski definition) is 3. The van der Waals surface area contributed by atoms with Gasteiger partial charge in [0.25, 0.3) is 0 Å². The molecule has 0 amide bonds. The molecule has 102 valence electrons. The lowest BCUT2D eigenvalue weighted by atomic mass is 9.85. The number of hydrogen-bond donors (Lipinski definition) is 1. The van der Waals surface area contributed by atoms with Gasteiger partial charge in [0.2, 0.25) is 0 Å². The highest BCUT2D eigenvalue weighted by Gasteiger charge is 2.37. The summed E-state index contributed by atoms with van der Waals surface area (Å²) in [6.45, 7) is 3.13. The van der Waals surface area contributed by atoms with Crippen LogP contribution in [0, 0.1) is 12.8 Å². The fourth-order valence-corrected chi connectivity index (χ4v) is 3.78. The molecule has 0 bridgehead atoms. The Hall–Kier alpha value is -1.16. The normalized spacial score (nSPS) is 26.3. The first-order valence-corrected chi connectivity index (χ1v) is 7.62. The first-order valence-electron chi connectivity index (χ1n) is 7.21. The molecule has 1 aliphatic carbocycles. The number of fused-ring (bicyclic) bond motifs is 1. The largest absolute Gasteiger partial charge is 0.389 e. The fourth-order valence-electron chi connectivity index (χ4n) is 3.62. The highest BCUT2D eigenvalue weighted by molar-refractivity contribution is 7.80. The van der Waals surface area contributed by atoms with Crippen LogP contribution in [0.1, 0.15) is 43.4 Å². The number of nitrogens with zero attached hydrogens (tertiary/aromatic N) is 2. The zero-order valence-electron chi connectivity index (χ0n) is 11.4. The summed E-state index contributed by atoms with van der Waals surface area (Å²) >= 11 is 5.19. The number of aryl methyl sites for hydroxylation is 1. The lowest BCUT2D eigenvalue weighted by Gasteiger charge is -2.33. The lowest BCUT2D eigenvalue weighted by molar-refractivity contribution is 0.341. The molecule has 2 N–H and O–H groups in total. The van der Waals surface area contributed by atoms with Crippen LogP contribution in [-0.2, 0) is 0 Å². The molecule has 1 aromatic rings. The standard InChI is InChI=1S/C15H21N3S/c1-10-6-7-12(14(16)19)15(17-10)18-9-8-11-4-2-3-5-13(11)18/h6-7,11,13H,2-5,8-9H2,1H3,(H2,16,19). The van der Waals surface area contributed by atoms with Gasteiger partial charge in [-0.15, -0.1) is 0 Å². The molecule has 2 aliphatic rings. The SMILES string of the molecule is Cc1ccc(C(N)=S)c(N2CCC3CCCCC32)n1. The van der Waals surface area contributed by atoms with E-state index >= 15 is 0 Å². The number of anilines is 1. The van der Waals surface area contributed by atoms with Gasteiger partial charge in [0.05, 0.1) is 5.56 Å². The van der Waals surface area contributed by atoms with Crippen molar-refractivity contribution in [1.82, 2.24) is 4.98 Å². The molecular weight excluding hydrogens is 254 g/mol. The van der Waals surface area contributed by atoms with Crippen molar-refractivity contribution in [3.8, 4) is 0 Å². The third-order valence-electron chi connectivity index (χ3n) is 4.56. The molecule has 0 aromatic carbocycles. The summed E-state index contributed by atoms with van der Waals surface area (Å²) in [6, 6.07) is 4.67. The van der Waals surface area contributed by atoms with Crippen molar-refractivity contribution < 1.29 is 0 Å². The molecule has 2 atom stereocenters. The summed E-state index contributed by atoms with van der Waals surface area (Å²) < 4.78 is 0. The minimum absolute atomic E-state index is 0.460. The van der Waals surface area contributed by atoms with E-state index in [2.05, 4.69) is 4.90 Å². The molecule has 2 unspecified atom stereocenters. The van der Waals surface area contributed by atoms with Crippen molar-refractivity contribution in [2.24, 2.45) is 11.7 Å². The average molecular weight is 275 g/mol. The van der Waals surface area contributed by atoms with Crippen LogP contribution in [0.25, 0.3) is 0 Å². The van der Waals surface area contributed by atoms with Crippen molar-refractivity contribution in [3.05, 3.63) is 23.4 Å². The maximum Gasteiger partial charge on any atom is 0.139 e. The molecule has 2 heterocycles. The van der Waals surface area contributed by atoms with Crippen molar-refractivity contribution in [3.63, 3.8) is 0 Å². The molecule has 0 spiro atoms. The van der Waals surface area contributed by atoms with Crippen molar-refractivity contribution in [2.75, 3.05) is 11.4 Å². The van der Waals surface area contributed by atoms with Gasteiger partial charge in [-0.25, -0.2) is 4.98 Å². The van der Waals surface area contributed by atoms with Crippen LogP contribution in [-0.4, -0.2) is 22.6 Å². The minimum atomic E-state index is 0.460. The van der Waals surface area contributed by atoms with Crippen molar-refractivity contribution >= 4 is 23.0 Å². The smallest absolute Gasteiger partial charge is 0.139 e. The zero-order valence-corrected chi connectivity index (χ0v) is 12.2. The lowest BCUT2D eigenvalue weighted by Crippen LogP contribution is -2.36. The summed E-state index contributed by atoms with van der Waals surface area (Å²) in [4.78, 5) is 7.65. The van der Waals surface area contributed by atoms with Gasteiger partial charge in [-0.3, -0.25) is 0 Å². The Kier molecular flexibility index (Phi) is 3.44. The molecule has 4 heteroatoms. The Balaban J connectivity index is 1.97. The van der Waals surface area contributed by atoms with E-state index in [-0.39, 0.29) is 0 Å². The van der Waals surface area contributed by atoms with E-state index < -0.39 is 0 Å². The van der Waals surface area contributed by atoms with Gasteiger partial charge in [-0.1, -0.05) is 25.1 Å². The van der Waals surface area contributed by atoms with E-state index in [0.29, 0.717) is 11.0 Å². The third-order valence-corrected chi connectivity index (χ3v) is 4.78. The quantitative estimate of drug-likeness (QED) is 0.843. The highest BCUT2D eigenvalue weighted by Crippen LogP contribution is 2.39. The molecule has 19 heavy (non-hydrogen) atoms. The number of pyridine rings is 1. The number of nitrogens with two attached hydrogens (primary N) is 1. The van der Waals surface area contributed by atoms with E-state index in [9.17, 15) is 0 Å². The molecule has 2 fully saturated rings. The molecule has 0 radical (unpaired) electrons. The first kappa shape index (κ1) is 12.9. The van der Waals surface area contributed by atoms with Crippen molar-refractivity contribution in [1.29, 1.82) is 0 Å². The first-order chi connectivity index (χ1) is 9.16. The topological polar surface area (TPSA) is 42.1 Å². The molecular formula is C15H21N3S. The Bertz CT molecular complexity index is 500. The summed E-state index contributed by atoms with van der Waals surface area (Å²) in [5.41, 5.74) is 7.84. The predicted octanol–water partition coefficient (Wildman–Crippen LogP) is 2.79. The second-order valence-electron chi connectivity index (χ2n) is 5.78. The Morgan fingerprint density at radius 3 is 2.89 bits per heavy atom. The monoisotopic (exact) mass is 275 g/mol. The number of thiocarbonyl (C=S) groups is 1. The van der Waals surface area contributed by atoms with Gasteiger partial charge in [-0.05, 0) is 44.2 Å². The van der Waals surface area contributed by atoms with Gasteiger partial charge in [0.1, 0.15) is 10.8 Å². The second kappa shape index (κ2) is 5.08. The van der Waals surface area contributed by atoms with E-state index in [1.54, 1.807) is 0 Å². The summed E-state index contributed by atoms with van der Waals surface area (Å²) in [7, 11) is 0. The predicted molar refractivity (Wildman–Crippen MR) is 82.6 cm³/mol. The maximum absolute atomic E-state index is 5.87. The highest BCUT2D eigenvalue weighted by atomic mass is 32.1. The summed E-state index contributed by atoms with van der Waals surface area (Å²) in [6.07, 6.45) is 6.67. The molecule has 1 aromatic heterocycles. The molecule has 1 saturated heterocycles. The van der Waals surface area contributed by atoms with Gasteiger partial charge < -0.3 is 10.6 Å². The van der Waals surface area contributed by atoms with Gasteiger partial charge >= 0.3 is 0 Å². The third kappa shape index (κ3) is 2.34. The zero-order chi connectivity index (χ0) is 13.4.